The molecule has 0 atom stereocenters. The number of carbonyl (C=O) groups excluding carboxylic acids is 1. The van der Waals surface area contributed by atoms with Gasteiger partial charge in [0.15, 0.2) is 5.78 Å². The van der Waals surface area contributed by atoms with Gasteiger partial charge in [0.2, 0.25) is 5.16 Å². The SMILES string of the molecule is COc1ccc(C(=O)CSc2nnnn2-c2ccc(C)cc2C)cc1Cl. The monoisotopic (exact) mass is 388 g/mol. The molecule has 3 rings (SSSR count). The van der Waals surface area contributed by atoms with Crippen molar-refractivity contribution in [3.8, 4) is 11.4 Å². The Hall–Kier alpha value is -2.38. The normalized spacial score (nSPS) is 10.8. The van der Waals surface area contributed by atoms with Crippen LogP contribution in [0, 0.1) is 13.8 Å². The molecule has 0 aliphatic carbocycles. The number of nitrogens with zero attached hydrogens (tertiary/aromatic N) is 4. The summed E-state index contributed by atoms with van der Waals surface area (Å²) in [7, 11) is 1.53. The molecule has 0 aliphatic heterocycles. The number of halogens is 1. The molecule has 3 aromatic rings. The van der Waals surface area contributed by atoms with Crippen LogP contribution in [0.5, 0.6) is 5.75 Å². The highest BCUT2D eigenvalue weighted by Gasteiger charge is 2.15. The highest BCUT2D eigenvalue weighted by molar-refractivity contribution is 7.99. The molecule has 0 bridgehead atoms. The minimum absolute atomic E-state index is 0.0604. The Labute approximate surface area is 160 Å². The summed E-state index contributed by atoms with van der Waals surface area (Å²) in [6, 6.07) is 11.0. The number of ether oxygens (including phenoxy) is 1. The number of hydrogen-bond acceptors (Lipinski definition) is 6. The van der Waals surface area contributed by atoms with E-state index in [1.54, 1.807) is 22.9 Å². The molecule has 0 aliphatic rings. The quantitative estimate of drug-likeness (QED) is 0.471. The van der Waals surface area contributed by atoms with Crippen molar-refractivity contribution in [2.24, 2.45) is 0 Å². The number of carbonyl (C=O) groups is 1. The Morgan fingerprint density at radius 2 is 2.04 bits per heavy atom. The lowest BCUT2D eigenvalue weighted by Gasteiger charge is -2.08. The number of hydrogen-bond donors (Lipinski definition) is 0. The first-order valence-electron chi connectivity index (χ1n) is 7.85. The van der Waals surface area contributed by atoms with Crippen molar-refractivity contribution < 1.29 is 9.53 Å². The van der Waals surface area contributed by atoms with Gasteiger partial charge in [-0.05, 0) is 54.1 Å². The molecule has 0 amide bonds. The molecule has 0 fully saturated rings. The number of Topliss-reactive ketones (excluding diaryl/α,β-unsaturated/α-hetero) is 1. The van der Waals surface area contributed by atoms with Crippen LogP contribution in [0.4, 0.5) is 0 Å². The first-order chi connectivity index (χ1) is 12.5. The minimum atomic E-state index is -0.0604. The fourth-order valence-electron chi connectivity index (χ4n) is 2.52. The van der Waals surface area contributed by atoms with Gasteiger partial charge >= 0.3 is 0 Å². The maximum absolute atomic E-state index is 12.5. The van der Waals surface area contributed by atoms with Crippen molar-refractivity contribution in [1.82, 2.24) is 20.2 Å². The van der Waals surface area contributed by atoms with Crippen LogP contribution in [0.2, 0.25) is 5.02 Å². The Morgan fingerprint density at radius 1 is 1.23 bits per heavy atom. The molecular weight excluding hydrogens is 372 g/mol. The summed E-state index contributed by atoms with van der Waals surface area (Å²) >= 11 is 7.37. The molecule has 8 heteroatoms. The standard InChI is InChI=1S/C18H17ClN4O2S/c1-11-4-6-15(12(2)8-11)23-18(20-21-22-23)26-10-16(24)13-5-7-17(25-3)14(19)9-13/h4-9H,10H2,1-3H3. The average Bonchev–Trinajstić information content (AvgIpc) is 3.07. The van der Waals surface area contributed by atoms with Crippen LogP contribution in [-0.4, -0.2) is 38.9 Å². The predicted molar refractivity (Wildman–Crippen MR) is 102 cm³/mol. The van der Waals surface area contributed by atoms with Gasteiger partial charge in [0.05, 0.1) is 23.6 Å². The summed E-state index contributed by atoms with van der Waals surface area (Å²) in [6.07, 6.45) is 0. The lowest BCUT2D eigenvalue weighted by atomic mass is 10.1. The molecular formula is C18H17ClN4O2S. The van der Waals surface area contributed by atoms with Crippen molar-refractivity contribution >= 4 is 29.1 Å². The van der Waals surface area contributed by atoms with Gasteiger partial charge in [-0.25, -0.2) is 0 Å². The van der Waals surface area contributed by atoms with Gasteiger partial charge in [-0.1, -0.05) is 41.1 Å². The van der Waals surface area contributed by atoms with Gasteiger partial charge < -0.3 is 4.74 Å². The molecule has 134 valence electrons. The van der Waals surface area contributed by atoms with E-state index in [0.29, 0.717) is 21.5 Å². The second-order valence-corrected chi connectivity index (χ2v) is 7.07. The third-order valence-electron chi connectivity index (χ3n) is 3.83. The van der Waals surface area contributed by atoms with Gasteiger partial charge in [0, 0.05) is 5.56 Å². The van der Waals surface area contributed by atoms with E-state index in [-0.39, 0.29) is 11.5 Å². The van der Waals surface area contributed by atoms with E-state index >= 15 is 0 Å². The number of tetrazole rings is 1. The fraction of sp³-hybridized carbons (Fsp3) is 0.222. The minimum Gasteiger partial charge on any atom is -0.495 e. The van der Waals surface area contributed by atoms with Crippen LogP contribution in [0.3, 0.4) is 0 Å². The third kappa shape index (κ3) is 3.89. The van der Waals surface area contributed by atoms with E-state index < -0.39 is 0 Å². The number of rotatable bonds is 6. The molecule has 0 N–H and O–H groups in total. The van der Waals surface area contributed by atoms with Gasteiger partial charge in [-0.2, -0.15) is 4.68 Å². The van der Waals surface area contributed by atoms with Crippen LogP contribution >= 0.6 is 23.4 Å². The average molecular weight is 389 g/mol. The van der Waals surface area contributed by atoms with E-state index in [2.05, 4.69) is 21.6 Å². The number of thioether (sulfide) groups is 1. The van der Waals surface area contributed by atoms with E-state index in [1.807, 2.05) is 26.0 Å². The van der Waals surface area contributed by atoms with Crippen molar-refractivity contribution in [2.45, 2.75) is 19.0 Å². The Balaban J connectivity index is 1.76. The van der Waals surface area contributed by atoms with Gasteiger partial charge in [0.25, 0.3) is 0 Å². The molecule has 0 radical (unpaired) electrons. The molecule has 0 saturated heterocycles. The largest absolute Gasteiger partial charge is 0.495 e. The lowest BCUT2D eigenvalue weighted by molar-refractivity contribution is 0.102. The van der Waals surface area contributed by atoms with Gasteiger partial charge in [-0.3, -0.25) is 4.79 Å². The zero-order valence-corrected chi connectivity index (χ0v) is 16.1. The van der Waals surface area contributed by atoms with E-state index in [4.69, 9.17) is 16.3 Å². The number of aromatic nitrogens is 4. The summed E-state index contributed by atoms with van der Waals surface area (Å²) < 4.78 is 6.75. The Bertz CT molecular complexity index is 958. The second kappa shape index (κ2) is 7.88. The predicted octanol–water partition coefficient (Wildman–Crippen LogP) is 3.92. The number of ketones is 1. The first kappa shape index (κ1) is 18.4. The summed E-state index contributed by atoms with van der Waals surface area (Å²) in [5, 5.41) is 12.8. The van der Waals surface area contributed by atoms with Crippen molar-refractivity contribution in [3.05, 3.63) is 58.1 Å². The van der Waals surface area contributed by atoms with Crippen LogP contribution in [-0.2, 0) is 0 Å². The van der Waals surface area contributed by atoms with Crippen molar-refractivity contribution in [2.75, 3.05) is 12.9 Å². The number of methoxy groups -OCH3 is 1. The van der Waals surface area contributed by atoms with E-state index in [1.165, 1.54) is 24.4 Å². The lowest BCUT2D eigenvalue weighted by Crippen LogP contribution is -2.06. The fourth-order valence-corrected chi connectivity index (χ4v) is 3.55. The molecule has 0 spiro atoms. The third-order valence-corrected chi connectivity index (χ3v) is 5.04. The van der Waals surface area contributed by atoms with Gasteiger partial charge in [0.1, 0.15) is 5.75 Å². The molecule has 1 heterocycles. The van der Waals surface area contributed by atoms with E-state index in [9.17, 15) is 4.79 Å². The van der Waals surface area contributed by atoms with Crippen molar-refractivity contribution in [3.63, 3.8) is 0 Å². The van der Waals surface area contributed by atoms with Gasteiger partial charge in [-0.15, -0.1) is 5.10 Å². The molecule has 2 aromatic carbocycles. The van der Waals surface area contributed by atoms with Crippen LogP contribution in [0.1, 0.15) is 21.5 Å². The van der Waals surface area contributed by atoms with Crippen molar-refractivity contribution in [1.29, 1.82) is 0 Å². The molecule has 26 heavy (non-hydrogen) atoms. The first-order valence-corrected chi connectivity index (χ1v) is 9.21. The summed E-state index contributed by atoms with van der Waals surface area (Å²) in [5.74, 6) is 0.679. The zero-order valence-electron chi connectivity index (χ0n) is 14.6. The molecule has 0 saturated carbocycles. The summed E-state index contributed by atoms with van der Waals surface area (Å²) in [6.45, 7) is 4.04. The maximum atomic E-state index is 12.5. The number of aryl methyl sites for hydroxylation is 2. The zero-order chi connectivity index (χ0) is 18.7. The van der Waals surface area contributed by atoms with Crippen LogP contribution < -0.4 is 4.74 Å². The number of benzene rings is 2. The Kier molecular flexibility index (Phi) is 5.58. The molecule has 6 nitrogen and oxygen atoms in total. The Morgan fingerprint density at radius 3 is 2.73 bits per heavy atom. The smallest absolute Gasteiger partial charge is 0.214 e. The maximum Gasteiger partial charge on any atom is 0.214 e. The molecule has 1 aromatic heterocycles. The summed E-state index contributed by atoms with van der Waals surface area (Å²) in [5.41, 5.74) is 3.64. The highest BCUT2D eigenvalue weighted by atomic mass is 35.5. The van der Waals surface area contributed by atoms with Crippen LogP contribution in [0.15, 0.2) is 41.6 Å². The topological polar surface area (TPSA) is 69.9 Å². The molecule has 0 unspecified atom stereocenters. The summed E-state index contributed by atoms with van der Waals surface area (Å²) in [4.78, 5) is 12.5. The second-order valence-electron chi connectivity index (χ2n) is 5.72. The van der Waals surface area contributed by atoms with E-state index in [0.717, 1.165) is 11.3 Å². The van der Waals surface area contributed by atoms with Crippen LogP contribution in [0.25, 0.3) is 5.69 Å². The highest BCUT2D eigenvalue weighted by Crippen LogP contribution is 2.27.